The normalized spacial score (nSPS) is 10.5. The average molecular weight is 388 g/mol. The molecule has 0 bridgehead atoms. The van der Waals surface area contributed by atoms with Gasteiger partial charge in [0.1, 0.15) is 5.82 Å². The Kier molecular flexibility index (Phi) is 4.73. The van der Waals surface area contributed by atoms with E-state index < -0.39 is 0 Å². The predicted octanol–water partition coefficient (Wildman–Crippen LogP) is 4.08. The molecule has 1 amide bonds. The van der Waals surface area contributed by atoms with Gasteiger partial charge in [-0.2, -0.15) is 0 Å². The summed E-state index contributed by atoms with van der Waals surface area (Å²) in [7, 11) is 0. The van der Waals surface area contributed by atoms with E-state index >= 15 is 0 Å². The van der Waals surface area contributed by atoms with Crippen molar-refractivity contribution in [1.29, 1.82) is 0 Å². The fourth-order valence-electron chi connectivity index (χ4n) is 2.10. The summed E-state index contributed by atoms with van der Waals surface area (Å²) >= 11 is 4.82. The van der Waals surface area contributed by atoms with E-state index in [1.165, 1.54) is 11.3 Å². The van der Waals surface area contributed by atoms with E-state index in [1.807, 2.05) is 42.5 Å². The standard InChI is InChI=1S/C17H14BrN3OS/c18-12-4-1-3-11(9-12)10-20-17(22)15-8-7-14(23-15)13-5-2-6-16(19)21-13/h1-9H,10H2,(H2,19,21)(H,20,22). The summed E-state index contributed by atoms with van der Waals surface area (Å²) in [6.07, 6.45) is 0. The summed E-state index contributed by atoms with van der Waals surface area (Å²) in [5.41, 5.74) is 7.52. The van der Waals surface area contributed by atoms with Crippen LogP contribution in [0.4, 0.5) is 5.82 Å². The van der Waals surface area contributed by atoms with Crippen LogP contribution in [0.15, 0.2) is 59.1 Å². The number of anilines is 1. The Morgan fingerprint density at radius 1 is 1.17 bits per heavy atom. The molecule has 0 aliphatic heterocycles. The van der Waals surface area contributed by atoms with Gasteiger partial charge in [-0.1, -0.05) is 34.1 Å². The first-order chi connectivity index (χ1) is 11.1. The van der Waals surface area contributed by atoms with Gasteiger partial charge in [-0.3, -0.25) is 4.79 Å². The lowest BCUT2D eigenvalue weighted by Crippen LogP contribution is -2.21. The molecule has 3 N–H and O–H groups in total. The number of carbonyl (C=O) groups is 1. The van der Waals surface area contributed by atoms with E-state index in [9.17, 15) is 4.79 Å². The highest BCUT2D eigenvalue weighted by Crippen LogP contribution is 2.27. The lowest BCUT2D eigenvalue weighted by Gasteiger charge is -2.04. The fourth-order valence-corrected chi connectivity index (χ4v) is 3.44. The van der Waals surface area contributed by atoms with E-state index in [0.717, 1.165) is 20.6 Å². The SMILES string of the molecule is Nc1cccc(-c2ccc(C(=O)NCc3cccc(Br)c3)s2)n1. The van der Waals surface area contributed by atoms with Crippen molar-refractivity contribution >= 4 is 39.0 Å². The average Bonchev–Trinajstić information content (AvgIpc) is 3.03. The third kappa shape index (κ3) is 3.97. The Labute approximate surface area is 146 Å². The van der Waals surface area contributed by atoms with E-state index in [2.05, 4.69) is 26.2 Å². The molecule has 0 saturated heterocycles. The molecular weight excluding hydrogens is 374 g/mol. The number of nitrogens with one attached hydrogen (secondary N) is 1. The second-order valence-electron chi connectivity index (χ2n) is 4.92. The summed E-state index contributed by atoms with van der Waals surface area (Å²) in [5, 5.41) is 2.92. The van der Waals surface area contributed by atoms with Gasteiger partial charge in [-0.15, -0.1) is 11.3 Å². The number of benzene rings is 1. The van der Waals surface area contributed by atoms with Gasteiger partial charge in [-0.25, -0.2) is 4.98 Å². The number of pyridine rings is 1. The van der Waals surface area contributed by atoms with Crippen LogP contribution in [0.5, 0.6) is 0 Å². The number of nitrogens with two attached hydrogens (primary N) is 1. The number of thiophene rings is 1. The zero-order valence-corrected chi connectivity index (χ0v) is 14.5. The number of nitrogen functional groups attached to an aromatic ring is 1. The van der Waals surface area contributed by atoms with E-state index in [4.69, 9.17) is 5.73 Å². The molecular formula is C17H14BrN3OS. The Morgan fingerprint density at radius 3 is 2.78 bits per heavy atom. The lowest BCUT2D eigenvalue weighted by molar-refractivity contribution is 0.0955. The van der Waals surface area contributed by atoms with E-state index in [1.54, 1.807) is 12.1 Å². The van der Waals surface area contributed by atoms with Crippen molar-refractivity contribution in [3.63, 3.8) is 0 Å². The first kappa shape index (κ1) is 15.7. The van der Waals surface area contributed by atoms with Crippen molar-refractivity contribution in [3.05, 3.63) is 69.5 Å². The van der Waals surface area contributed by atoms with Crippen LogP contribution in [0.2, 0.25) is 0 Å². The number of hydrogen-bond acceptors (Lipinski definition) is 4. The summed E-state index contributed by atoms with van der Waals surface area (Å²) in [4.78, 5) is 18.1. The predicted molar refractivity (Wildman–Crippen MR) is 97.3 cm³/mol. The summed E-state index contributed by atoms with van der Waals surface area (Å²) in [5.74, 6) is 0.377. The monoisotopic (exact) mass is 387 g/mol. The molecule has 0 spiro atoms. The molecule has 3 rings (SSSR count). The van der Waals surface area contributed by atoms with Crippen molar-refractivity contribution in [2.45, 2.75) is 6.54 Å². The summed E-state index contributed by atoms with van der Waals surface area (Å²) in [6.45, 7) is 0.488. The molecule has 0 aliphatic rings. The third-order valence-electron chi connectivity index (χ3n) is 3.19. The molecule has 0 aliphatic carbocycles. The number of aromatic nitrogens is 1. The molecule has 0 radical (unpaired) electrons. The van der Waals surface area contributed by atoms with E-state index in [-0.39, 0.29) is 5.91 Å². The van der Waals surface area contributed by atoms with Crippen LogP contribution in [0.1, 0.15) is 15.2 Å². The zero-order chi connectivity index (χ0) is 16.2. The number of carbonyl (C=O) groups excluding carboxylic acids is 1. The van der Waals surface area contributed by atoms with Crippen LogP contribution < -0.4 is 11.1 Å². The number of amides is 1. The molecule has 6 heteroatoms. The van der Waals surface area contributed by atoms with Gasteiger partial charge < -0.3 is 11.1 Å². The van der Waals surface area contributed by atoms with Crippen LogP contribution in [0, 0.1) is 0 Å². The van der Waals surface area contributed by atoms with Gasteiger partial charge in [-0.05, 0) is 42.0 Å². The molecule has 116 valence electrons. The van der Waals surface area contributed by atoms with Gasteiger partial charge in [0.25, 0.3) is 5.91 Å². The maximum Gasteiger partial charge on any atom is 0.261 e. The van der Waals surface area contributed by atoms with Crippen LogP contribution in [-0.2, 0) is 6.54 Å². The molecule has 3 aromatic rings. The molecule has 23 heavy (non-hydrogen) atoms. The number of rotatable bonds is 4. The third-order valence-corrected chi connectivity index (χ3v) is 4.79. The van der Waals surface area contributed by atoms with Gasteiger partial charge in [0.05, 0.1) is 15.4 Å². The molecule has 4 nitrogen and oxygen atoms in total. The zero-order valence-electron chi connectivity index (χ0n) is 12.1. The minimum absolute atomic E-state index is 0.0925. The highest BCUT2D eigenvalue weighted by atomic mass is 79.9. The maximum absolute atomic E-state index is 12.3. The van der Waals surface area contributed by atoms with Crippen molar-refractivity contribution < 1.29 is 4.79 Å². The number of halogens is 1. The quantitative estimate of drug-likeness (QED) is 0.708. The largest absolute Gasteiger partial charge is 0.384 e. The Bertz CT molecular complexity index is 847. The van der Waals surface area contributed by atoms with Gasteiger partial charge in [0, 0.05) is 11.0 Å². The van der Waals surface area contributed by atoms with Crippen LogP contribution in [0.3, 0.4) is 0 Å². The van der Waals surface area contributed by atoms with Gasteiger partial charge in [0.15, 0.2) is 0 Å². The Hall–Kier alpha value is -2.18. The van der Waals surface area contributed by atoms with E-state index in [0.29, 0.717) is 17.2 Å². The van der Waals surface area contributed by atoms with Crippen LogP contribution >= 0.6 is 27.3 Å². The molecule has 2 heterocycles. The smallest absolute Gasteiger partial charge is 0.261 e. The number of hydrogen-bond donors (Lipinski definition) is 2. The first-order valence-corrected chi connectivity index (χ1v) is 8.58. The van der Waals surface area contributed by atoms with Crippen molar-refractivity contribution in [3.8, 4) is 10.6 Å². The second kappa shape index (κ2) is 6.93. The van der Waals surface area contributed by atoms with Gasteiger partial charge in [0.2, 0.25) is 0 Å². The fraction of sp³-hybridized carbons (Fsp3) is 0.0588. The van der Waals surface area contributed by atoms with Crippen molar-refractivity contribution in [2.24, 2.45) is 0 Å². The molecule has 2 aromatic heterocycles. The molecule has 0 fully saturated rings. The lowest BCUT2D eigenvalue weighted by atomic mass is 10.2. The summed E-state index contributed by atoms with van der Waals surface area (Å²) in [6, 6.07) is 17.0. The van der Waals surface area contributed by atoms with Gasteiger partial charge >= 0.3 is 0 Å². The minimum atomic E-state index is -0.0925. The highest BCUT2D eigenvalue weighted by molar-refractivity contribution is 9.10. The van der Waals surface area contributed by atoms with Crippen LogP contribution in [-0.4, -0.2) is 10.9 Å². The topological polar surface area (TPSA) is 68.0 Å². The minimum Gasteiger partial charge on any atom is -0.384 e. The molecule has 0 unspecified atom stereocenters. The Morgan fingerprint density at radius 2 is 2.00 bits per heavy atom. The first-order valence-electron chi connectivity index (χ1n) is 6.97. The molecule has 0 saturated carbocycles. The Balaban J connectivity index is 1.69. The van der Waals surface area contributed by atoms with Crippen molar-refractivity contribution in [2.75, 3.05) is 5.73 Å². The van der Waals surface area contributed by atoms with Crippen LogP contribution in [0.25, 0.3) is 10.6 Å². The molecule has 0 atom stereocenters. The second-order valence-corrected chi connectivity index (χ2v) is 6.92. The highest BCUT2D eigenvalue weighted by Gasteiger charge is 2.11. The summed E-state index contributed by atoms with van der Waals surface area (Å²) < 4.78 is 0.996. The van der Waals surface area contributed by atoms with Crippen molar-refractivity contribution in [1.82, 2.24) is 10.3 Å². The molecule has 1 aromatic carbocycles. The number of nitrogens with zero attached hydrogens (tertiary/aromatic N) is 1. The maximum atomic E-state index is 12.3.